The van der Waals surface area contributed by atoms with Crippen LogP contribution in [0.1, 0.15) is 29.6 Å². The topological polar surface area (TPSA) is 139 Å². The van der Waals surface area contributed by atoms with Crippen LogP contribution in [0, 0.1) is 0 Å². The SMILES string of the molecule is NCCCC[C@H](NS(=O)(=O)c1ccc(NC(=O)c2ccccc2)cc1)C(=O)O. The first-order valence-electron chi connectivity index (χ1n) is 8.75. The molecule has 0 fully saturated rings. The first-order valence-corrected chi connectivity index (χ1v) is 10.2. The van der Waals surface area contributed by atoms with E-state index < -0.39 is 22.0 Å². The molecule has 0 aliphatic carbocycles. The molecule has 8 nitrogen and oxygen atoms in total. The van der Waals surface area contributed by atoms with Gasteiger partial charge in [0.2, 0.25) is 10.0 Å². The number of nitrogens with one attached hydrogen (secondary N) is 2. The van der Waals surface area contributed by atoms with Crippen molar-refractivity contribution in [3.8, 4) is 0 Å². The van der Waals surface area contributed by atoms with Crippen molar-refractivity contribution >= 4 is 27.6 Å². The number of benzene rings is 2. The molecule has 1 amide bonds. The molecule has 9 heteroatoms. The van der Waals surface area contributed by atoms with Crippen LogP contribution in [-0.4, -0.2) is 38.0 Å². The van der Waals surface area contributed by atoms with E-state index in [0.29, 0.717) is 30.6 Å². The monoisotopic (exact) mass is 405 g/mol. The third-order valence-corrected chi connectivity index (χ3v) is 5.49. The molecule has 0 radical (unpaired) electrons. The van der Waals surface area contributed by atoms with Crippen molar-refractivity contribution < 1.29 is 23.1 Å². The maximum atomic E-state index is 12.4. The maximum Gasteiger partial charge on any atom is 0.321 e. The number of carboxylic acid groups (broad SMARTS) is 1. The first kappa shape index (κ1) is 21.5. The van der Waals surface area contributed by atoms with E-state index in [9.17, 15) is 23.1 Å². The van der Waals surface area contributed by atoms with Crippen molar-refractivity contribution in [2.45, 2.75) is 30.2 Å². The highest BCUT2D eigenvalue weighted by atomic mass is 32.2. The van der Waals surface area contributed by atoms with E-state index >= 15 is 0 Å². The molecular weight excluding hydrogens is 382 g/mol. The molecule has 0 saturated heterocycles. The van der Waals surface area contributed by atoms with Gasteiger partial charge >= 0.3 is 5.97 Å². The second-order valence-electron chi connectivity index (χ2n) is 6.14. The number of rotatable bonds is 10. The summed E-state index contributed by atoms with van der Waals surface area (Å²) in [5.74, 6) is -1.56. The Balaban J connectivity index is 2.06. The van der Waals surface area contributed by atoms with E-state index in [1.807, 2.05) is 0 Å². The van der Waals surface area contributed by atoms with Gasteiger partial charge in [0.25, 0.3) is 5.91 Å². The highest BCUT2D eigenvalue weighted by molar-refractivity contribution is 7.89. The Bertz CT molecular complexity index is 899. The van der Waals surface area contributed by atoms with Crippen LogP contribution in [0.25, 0.3) is 0 Å². The number of unbranched alkanes of at least 4 members (excludes halogenated alkanes) is 1. The number of anilines is 1. The van der Waals surface area contributed by atoms with E-state index in [1.54, 1.807) is 30.3 Å². The Morgan fingerprint density at radius 3 is 2.21 bits per heavy atom. The zero-order chi connectivity index (χ0) is 20.6. The quantitative estimate of drug-likeness (QED) is 0.445. The van der Waals surface area contributed by atoms with E-state index in [4.69, 9.17) is 5.73 Å². The number of carbonyl (C=O) groups is 2. The lowest BCUT2D eigenvalue weighted by molar-refractivity contribution is -0.139. The predicted molar refractivity (Wildman–Crippen MR) is 105 cm³/mol. The second-order valence-corrected chi connectivity index (χ2v) is 7.86. The zero-order valence-corrected chi connectivity index (χ0v) is 16.0. The minimum atomic E-state index is -4.01. The Kier molecular flexibility index (Phi) is 7.68. The number of carbonyl (C=O) groups excluding carboxylic acids is 1. The van der Waals surface area contributed by atoms with Crippen LogP contribution in [0.3, 0.4) is 0 Å². The minimum Gasteiger partial charge on any atom is -0.480 e. The van der Waals surface area contributed by atoms with Crippen LogP contribution in [0.2, 0.25) is 0 Å². The number of amides is 1. The van der Waals surface area contributed by atoms with Gasteiger partial charge in [0.15, 0.2) is 0 Å². The smallest absolute Gasteiger partial charge is 0.321 e. The van der Waals surface area contributed by atoms with Crippen molar-refractivity contribution in [2.75, 3.05) is 11.9 Å². The van der Waals surface area contributed by atoms with Gasteiger partial charge in [-0.05, 0) is 55.8 Å². The van der Waals surface area contributed by atoms with Gasteiger partial charge in [-0.2, -0.15) is 4.72 Å². The van der Waals surface area contributed by atoms with Crippen molar-refractivity contribution in [3.05, 3.63) is 60.2 Å². The largest absolute Gasteiger partial charge is 0.480 e. The standard InChI is InChI=1S/C19H23N3O5S/c20-13-5-4-8-17(19(24)25)22-28(26,27)16-11-9-15(10-12-16)21-18(23)14-6-2-1-3-7-14/h1-3,6-7,9-12,17,22H,4-5,8,13,20H2,(H,21,23)(H,24,25)/t17-/m0/s1. The number of sulfonamides is 1. The predicted octanol–water partition coefficient (Wildman–Crippen LogP) is 1.80. The molecule has 0 saturated carbocycles. The van der Waals surface area contributed by atoms with Crippen molar-refractivity contribution in [1.82, 2.24) is 4.72 Å². The third-order valence-electron chi connectivity index (χ3n) is 4.00. The molecule has 0 aliphatic rings. The molecule has 0 aliphatic heterocycles. The molecular formula is C19H23N3O5S. The summed E-state index contributed by atoms with van der Waals surface area (Å²) in [7, 11) is -4.01. The molecule has 0 spiro atoms. The molecule has 0 unspecified atom stereocenters. The molecule has 28 heavy (non-hydrogen) atoms. The lowest BCUT2D eigenvalue weighted by Crippen LogP contribution is -2.40. The van der Waals surface area contributed by atoms with E-state index in [2.05, 4.69) is 10.0 Å². The van der Waals surface area contributed by atoms with Gasteiger partial charge in [-0.3, -0.25) is 9.59 Å². The number of hydrogen-bond donors (Lipinski definition) is 4. The molecule has 0 heterocycles. The van der Waals surface area contributed by atoms with Crippen LogP contribution in [0.4, 0.5) is 5.69 Å². The summed E-state index contributed by atoms with van der Waals surface area (Å²) in [4.78, 5) is 23.3. The van der Waals surface area contributed by atoms with E-state index in [1.165, 1.54) is 24.3 Å². The molecule has 150 valence electrons. The fourth-order valence-corrected chi connectivity index (χ4v) is 3.71. The molecule has 1 atom stereocenters. The first-order chi connectivity index (χ1) is 13.3. The third kappa shape index (κ3) is 6.15. The lowest BCUT2D eigenvalue weighted by Gasteiger charge is -2.15. The molecule has 0 aromatic heterocycles. The Morgan fingerprint density at radius 1 is 1.00 bits per heavy atom. The fourth-order valence-electron chi connectivity index (χ4n) is 2.49. The van der Waals surface area contributed by atoms with Crippen LogP contribution >= 0.6 is 0 Å². The van der Waals surface area contributed by atoms with Gasteiger partial charge in [-0.15, -0.1) is 0 Å². The molecule has 2 aromatic carbocycles. The second kappa shape index (κ2) is 9.98. The zero-order valence-electron chi connectivity index (χ0n) is 15.2. The lowest BCUT2D eigenvalue weighted by atomic mass is 10.1. The van der Waals surface area contributed by atoms with Crippen LogP contribution in [-0.2, 0) is 14.8 Å². The summed E-state index contributed by atoms with van der Waals surface area (Å²) < 4.78 is 27.1. The van der Waals surface area contributed by atoms with Crippen molar-refractivity contribution in [1.29, 1.82) is 0 Å². The average Bonchev–Trinajstić information content (AvgIpc) is 2.68. The van der Waals surface area contributed by atoms with Gasteiger partial charge in [-0.1, -0.05) is 24.6 Å². The van der Waals surface area contributed by atoms with Crippen LogP contribution in [0.15, 0.2) is 59.5 Å². The van der Waals surface area contributed by atoms with Crippen LogP contribution < -0.4 is 15.8 Å². The van der Waals surface area contributed by atoms with Crippen LogP contribution in [0.5, 0.6) is 0 Å². The Labute approximate surface area is 163 Å². The Morgan fingerprint density at radius 2 is 1.64 bits per heavy atom. The van der Waals surface area contributed by atoms with Gasteiger partial charge in [0.05, 0.1) is 4.90 Å². The molecule has 5 N–H and O–H groups in total. The minimum absolute atomic E-state index is 0.0877. The maximum absolute atomic E-state index is 12.4. The van der Waals surface area contributed by atoms with Gasteiger partial charge in [-0.25, -0.2) is 8.42 Å². The van der Waals surface area contributed by atoms with Crippen molar-refractivity contribution in [3.63, 3.8) is 0 Å². The highest BCUT2D eigenvalue weighted by Crippen LogP contribution is 2.16. The van der Waals surface area contributed by atoms with E-state index in [0.717, 1.165) is 0 Å². The molecule has 2 rings (SSSR count). The highest BCUT2D eigenvalue weighted by Gasteiger charge is 2.25. The normalized spacial score (nSPS) is 12.3. The summed E-state index contributed by atoms with van der Waals surface area (Å²) in [6.45, 7) is 0.412. The number of aliphatic carboxylic acids is 1. The van der Waals surface area contributed by atoms with Crippen molar-refractivity contribution in [2.24, 2.45) is 5.73 Å². The molecule has 0 bridgehead atoms. The van der Waals surface area contributed by atoms with Gasteiger partial charge in [0.1, 0.15) is 6.04 Å². The summed E-state index contributed by atoms with van der Waals surface area (Å²) in [5, 5.41) is 11.9. The van der Waals surface area contributed by atoms with E-state index in [-0.39, 0.29) is 17.2 Å². The van der Waals surface area contributed by atoms with Gasteiger partial charge in [0, 0.05) is 11.3 Å². The fraction of sp³-hybridized carbons (Fsp3) is 0.263. The summed E-state index contributed by atoms with van der Waals surface area (Å²) in [6, 6.07) is 12.9. The average molecular weight is 405 g/mol. The molecule has 2 aromatic rings. The summed E-state index contributed by atoms with van der Waals surface area (Å²) in [5.41, 5.74) is 6.28. The summed E-state index contributed by atoms with van der Waals surface area (Å²) in [6.07, 6.45) is 1.26. The number of carboxylic acids is 1. The number of nitrogens with two attached hydrogens (primary N) is 1. The number of hydrogen-bond acceptors (Lipinski definition) is 5. The summed E-state index contributed by atoms with van der Waals surface area (Å²) >= 11 is 0. The van der Waals surface area contributed by atoms with Gasteiger partial charge < -0.3 is 16.2 Å². The Hall–Kier alpha value is -2.75.